The SMILES string of the molecule is COc1ccc(NC(=O)c2csc(C3CCN(C(=O)c4ccc(OC)c(OC)c4OC)CC3)n2)cc1Cl. The van der Waals surface area contributed by atoms with E-state index in [0.29, 0.717) is 58.1 Å². The first kappa shape index (κ1) is 26.6. The standard InChI is InChI=1S/C26H28ClN3O6S/c1-33-20-7-5-16(13-18(20)27)28-24(31)19-14-37-25(29-19)15-9-11-30(12-10-15)26(32)17-6-8-21(34-2)23(36-4)22(17)35-3/h5-8,13-15H,9-12H2,1-4H3,(H,28,31). The summed E-state index contributed by atoms with van der Waals surface area (Å²) < 4.78 is 21.4. The van der Waals surface area contributed by atoms with Crippen molar-refractivity contribution in [3.8, 4) is 23.0 Å². The minimum absolute atomic E-state index is 0.131. The highest BCUT2D eigenvalue weighted by Crippen LogP contribution is 2.41. The quantitative estimate of drug-likeness (QED) is 0.420. The van der Waals surface area contributed by atoms with E-state index < -0.39 is 0 Å². The zero-order chi connectivity index (χ0) is 26.5. The number of aromatic nitrogens is 1. The van der Waals surface area contributed by atoms with E-state index in [1.54, 1.807) is 40.6 Å². The van der Waals surface area contributed by atoms with Crippen molar-refractivity contribution in [3.63, 3.8) is 0 Å². The van der Waals surface area contributed by atoms with Gasteiger partial charge in [0.2, 0.25) is 5.75 Å². The fourth-order valence-electron chi connectivity index (χ4n) is 4.29. The number of ether oxygens (including phenoxy) is 4. The van der Waals surface area contributed by atoms with Crippen molar-refractivity contribution >= 4 is 40.4 Å². The molecule has 0 unspecified atom stereocenters. The molecule has 4 rings (SSSR count). The van der Waals surface area contributed by atoms with Crippen molar-refractivity contribution in [2.24, 2.45) is 0 Å². The summed E-state index contributed by atoms with van der Waals surface area (Å²) in [6.45, 7) is 1.12. The summed E-state index contributed by atoms with van der Waals surface area (Å²) >= 11 is 7.60. The van der Waals surface area contributed by atoms with Crippen molar-refractivity contribution < 1.29 is 28.5 Å². The molecule has 1 fully saturated rings. The van der Waals surface area contributed by atoms with E-state index in [-0.39, 0.29) is 17.7 Å². The minimum atomic E-state index is -0.308. The highest BCUT2D eigenvalue weighted by atomic mass is 35.5. The summed E-state index contributed by atoms with van der Waals surface area (Å²) in [5, 5.41) is 5.86. The molecular weight excluding hydrogens is 518 g/mol. The number of amides is 2. The average molecular weight is 546 g/mol. The number of thiazole rings is 1. The van der Waals surface area contributed by atoms with E-state index in [1.807, 2.05) is 0 Å². The lowest BCUT2D eigenvalue weighted by atomic mass is 9.97. The molecule has 0 bridgehead atoms. The Balaban J connectivity index is 1.39. The van der Waals surface area contributed by atoms with Crippen LogP contribution in [0.25, 0.3) is 0 Å². The van der Waals surface area contributed by atoms with Crippen LogP contribution >= 0.6 is 22.9 Å². The van der Waals surface area contributed by atoms with Gasteiger partial charge in [-0.05, 0) is 43.2 Å². The van der Waals surface area contributed by atoms with Crippen molar-refractivity contribution in [3.05, 3.63) is 57.0 Å². The molecule has 2 aromatic carbocycles. The molecule has 1 saturated heterocycles. The topological polar surface area (TPSA) is 99.2 Å². The summed E-state index contributed by atoms with van der Waals surface area (Å²) in [5.41, 5.74) is 1.33. The number of nitrogens with one attached hydrogen (secondary N) is 1. The Morgan fingerprint density at radius 2 is 1.65 bits per heavy atom. The highest BCUT2D eigenvalue weighted by molar-refractivity contribution is 7.10. The number of likely N-dealkylation sites (tertiary alicyclic amines) is 1. The Morgan fingerprint density at radius 3 is 2.27 bits per heavy atom. The number of piperidine rings is 1. The van der Waals surface area contributed by atoms with Crippen LogP contribution in [0.3, 0.4) is 0 Å². The first-order chi connectivity index (χ1) is 17.9. The largest absolute Gasteiger partial charge is 0.495 e. The predicted molar refractivity (Wildman–Crippen MR) is 142 cm³/mol. The maximum Gasteiger partial charge on any atom is 0.275 e. The lowest BCUT2D eigenvalue weighted by Gasteiger charge is -2.31. The Hall–Kier alpha value is -3.50. The molecule has 1 aliphatic rings. The van der Waals surface area contributed by atoms with Gasteiger partial charge < -0.3 is 29.2 Å². The van der Waals surface area contributed by atoms with Crippen LogP contribution in [-0.2, 0) is 0 Å². The molecule has 196 valence electrons. The molecule has 0 saturated carbocycles. The molecule has 1 N–H and O–H groups in total. The predicted octanol–water partition coefficient (Wildman–Crippen LogP) is 5.10. The molecule has 9 nitrogen and oxygen atoms in total. The third-order valence-electron chi connectivity index (χ3n) is 6.23. The number of nitrogens with zero attached hydrogens (tertiary/aromatic N) is 2. The highest BCUT2D eigenvalue weighted by Gasteiger charge is 2.30. The number of carbonyl (C=O) groups is 2. The summed E-state index contributed by atoms with van der Waals surface area (Å²) in [4.78, 5) is 32.4. The van der Waals surface area contributed by atoms with Gasteiger partial charge >= 0.3 is 0 Å². The number of hydrogen-bond acceptors (Lipinski definition) is 8. The molecule has 2 amide bonds. The van der Waals surface area contributed by atoms with E-state index in [4.69, 9.17) is 30.5 Å². The van der Waals surface area contributed by atoms with Crippen LogP contribution in [0, 0.1) is 0 Å². The van der Waals surface area contributed by atoms with Gasteiger partial charge in [-0.25, -0.2) is 4.98 Å². The van der Waals surface area contributed by atoms with E-state index in [1.165, 1.54) is 39.8 Å². The summed E-state index contributed by atoms with van der Waals surface area (Å²) in [7, 11) is 6.07. The summed E-state index contributed by atoms with van der Waals surface area (Å²) in [5.74, 6) is 1.49. The van der Waals surface area contributed by atoms with Crippen LogP contribution in [0.5, 0.6) is 23.0 Å². The van der Waals surface area contributed by atoms with Gasteiger partial charge in [0.1, 0.15) is 11.4 Å². The van der Waals surface area contributed by atoms with Crippen LogP contribution in [0.15, 0.2) is 35.7 Å². The summed E-state index contributed by atoms with van der Waals surface area (Å²) in [6.07, 6.45) is 1.48. The van der Waals surface area contributed by atoms with E-state index in [0.717, 1.165) is 17.8 Å². The molecule has 37 heavy (non-hydrogen) atoms. The molecule has 11 heteroatoms. The second kappa shape index (κ2) is 11.7. The first-order valence-electron chi connectivity index (χ1n) is 11.6. The number of carbonyl (C=O) groups excluding carboxylic acids is 2. The first-order valence-corrected chi connectivity index (χ1v) is 12.8. The Labute approximate surface area is 224 Å². The van der Waals surface area contributed by atoms with E-state index in [2.05, 4.69) is 10.3 Å². The zero-order valence-electron chi connectivity index (χ0n) is 21.0. The molecule has 0 radical (unpaired) electrons. The monoisotopic (exact) mass is 545 g/mol. The molecule has 0 spiro atoms. The number of benzene rings is 2. The molecule has 0 aliphatic carbocycles. The number of hydrogen-bond donors (Lipinski definition) is 1. The number of halogens is 1. The van der Waals surface area contributed by atoms with Crippen LogP contribution in [0.2, 0.25) is 5.02 Å². The third kappa shape index (κ3) is 5.60. The smallest absolute Gasteiger partial charge is 0.275 e. The number of methoxy groups -OCH3 is 4. The van der Waals surface area contributed by atoms with Gasteiger partial charge in [0.15, 0.2) is 11.5 Å². The summed E-state index contributed by atoms with van der Waals surface area (Å²) in [6, 6.07) is 8.43. The van der Waals surface area contributed by atoms with Gasteiger partial charge in [0.25, 0.3) is 11.8 Å². The molecule has 0 atom stereocenters. The van der Waals surface area contributed by atoms with Crippen molar-refractivity contribution in [2.75, 3.05) is 46.8 Å². The van der Waals surface area contributed by atoms with Crippen LogP contribution < -0.4 is 24.3 Å². The Morgan fingerprint density at radius 1 is 0.973 bits per heavy atom. The molecule has 1 aromatic heterocycles. The Bertz CT molecular complexity index is 1290. The van der Waals surface area contributed by atoms with Gasteiger partial charge in [-0.3, -0.25) is 9.59 Å². The third-order valence-corrected chi connectivity index (χ3v) is 7.53. The lowest BCUT2D eigenvalue weighted by Crippen LogP contribution is -2.38. The normalized spacial score (nSPS) is 13.7. The number of anilines is 1. The van der Waals surface area contributed by atoms with Gasteiger partial charge in [0, 0.05) is 30.1 Å². The van der Waals surface area contributed by atoms with Gasteiger partial charge in [-0.1, -0.05) is 11.6 Å². The molecule has 3 aromatic rings. The van der Waals surface area contributed by atoms with E-state index in [9.17, 15) is 9.59 Å². The fraction of sp³-hybridized carbons (Fsp3) is 0.346. The fourth-order valence-corrected chi connectivity index (χ4v) is 5.52. The average Bonchev–Trinajstić information content (AvgIpc) is 3.42. The number of rotatable bonds is 8. The van der Waals surface area contributed by atoms with Crippen molar-refractivity contribution in [1.29, 1.82) is 0 Å². The van der Waals surface area contributed by atoms with Gasteiger partial charge in [-0.2, -0.15) is 0 Å². The van der Waals surface area contributed by atoms with Crippen LogP contribution in [0.1, 0.15) is 44.6 Å². The van der Waals surface area contributed by atoms with Gasteiger partial charge in [0.05, 0.1) is 44.0 Å². The van der Waals surface area contributed by atoms with Crippen molar-refractivity contribution in [1.82, 2.24) is 9.88 Å². The minimum Gasteiger partial charge on any atom is -0.495 e. The van der Waals surface area contributed by atoms with Crippen molar-refractivity contribution in [2.45, 2.75) is 18.8 Å². The maximum atomic E-state index is 13.3. The zero-order valence-corrected chi connectivity index (χ0v) is 22.6. The lowest BCUT2D eigenvalue weighted by molar-refractivity contribution is 0.0708. The van der Waals surface area contributed by atoms with Gasteiger partial charge in [-0.15, -0.1) is 11.3 Å². The Kier molecular flexibility index (Phi) is 8.40. The van der Waals surface area contributed by atoms with Crippen LogP contribution in [0.4, 0.5) is 5.69 Å². The molecular formula is C26H28ClN3O6S. The second-order valence-corrected chi connectivity index (χ2v) is 9.62. The van der Waals surface area contributed by atoms with E-state index >= 15 is 0 Å². The van der Waals surface area contributed by atoms with Crippen LogP contribution in [-0.4, -0.2) is 63.2 Å². The second-order valence-electron chi connectivity index (χ2n) is 8.32. The maximum absolute atomic E-state index is 13.3. The molecule has 1 aliphatic heterocycles. The molecule has 2 heterocycles.